The quantitative estimate of drug-likeness (QED) is 0.326. The summed E-state index contributed by atoms with van der Waals surface area (Å²) in [5.74, 6) is -0.702. The summed E-state index contributed by atoms with van der Waals surface area (Å²) in [5.41, 5.74) is 2.58. The molecule has 6 nitrogen and oxygen atoms in total. The molecule has 1 aromatic heterocycles. The number of rotatable bonds is 7. The minimum atomic E-state index is -1.97. The van der Waals surface area contributed by atoms with Gasteiger partial charge in [0.2, 0.25) is 0 Å². The van der Waals surface area contributed by atoms with E-state index in [2.05, 4.69) is 5.10 Å². The van der Waals surface area contributed by atoms with Gasteiger partial charge in [-0.1, -0.05) is 66.7 Å². The molecule has 0 fully saturated rings. The number of ketones is 1. The molecule has 1 unspecified atom stereocenters. The lowest BCUT2D eigenvalue weighted by molar-refractivity contribution is 0.0965. The van der Waals surface area contributed by atoms with Gasteiger partial charge in [-0.25, -0.2) is 13.3 Å². The van der Waals surface area contributed by atoms with Crippen molar-refractivity contribution >= 4 is 16.9 Å². The van der Waals surface area contributed by atoms with Crippen LogP contribution in [0.5, 0.6) is 0 Å². The summed E-state index contributed by atoms with van der Waals surface area (Å²) in [6.07, 6.45) is 1.50. The van der Waals surface area contributed by atoms with E-state index >= 15 is 0 Å². The topological polar surface area (TPSA) is 89.3 Å². The summed E-state index contributed by atoms with van der Waals surface area (Å²) in [5, 5.41) is 4.22. The highest BCUT2D eigenvalue weighted by Crippen LogP contribution is 2.29. The molecule has 0 spiro atoms. The van der Waals surface area contributed by atoms with Crippen LogP contribution in [0.3, 0.4) is 0 Å². The second-order valence-corrected chi connectivity index (χ2v) is 8.29. The molecule has 33 heavy (non-hydrogen) atoms. The molecule has 166 valence electrons. The molecule has 8 heteroatoms. The van der Waals surface area contributed by atoms with Crippen LogP contribution in [0.2, 0.25) is 0 Å². The Kier molecular flexibility index (Phi) is 6.67. The zero-order valence-electron chi connectivity index (χ0n) is 17.3. The van der Waals surface area contributed by atoms with E-state index in [4.69, 9.17) is 4.55 Å². The summed E-state index contributed by atoms with van der Waals surface area (Å²) in [6.45, 7) is -0.238. The third kappa shape index (κ3) is 5.19. The van der Waals surface area contributed by atoms with Crippen LogP contribution in [-0.4, -0.2) is 24.3 Å². The third-order valence-corrected chi connectivity index (χ3v) is 5.70. The van der Waals surface area contributed by atoms with E-state index in [1.165, 1.54) is 30.5 Å². The van der Waals surface area contributed by atoms with Gasteiger partial charge in [0.1, 0.15) is 12.4 Å². The normalized spacial score (nSPS) is 11.8. The van der Waals surface area contributed by atoms with Gasteiger partial charge >= 0.3 is 0 Å². The average Bonchev–Trinajstić information content (AvgIpc) is 2.82. The van der Waals surface area contributed by atoms with E-state index in [9.17, 15) is 18.2 Å². The number of nitrogens with zero attached hydrogens (tertiary/aromatic N) is 2. The molecule has 3 aromatic carbocycles. The Morgan fingerprint density at radius 1 is 0.939 bits per heavy atom. The fourth-order valence-corrected chi connectivity index (χ4v) is 3.97. The number of benzene rings is 3. The number of hydrogen-bond acceptors (Lipinski definition) is 4. The van der Waals surface area contributed by atoms with Crippen molar-refractivity contribution in [3.8, 4) is 22.3 Å². The fourth-order valence-electron chi connectivity index (χ4n) is 3.49. The fraction of sp³-hybridized carbons (Fsp3) is 0.0800. The van der Waals surface area contributed by atoms with Crippen LogP contribution in [0.1, 0.15) is 15.9 Å². The third-order valence-electron chi connectivity index (χ3n) is 5.12. The molecule has 0 saturated carbocycles. The maximum Gasteiger partial charge on any atom is 0.275 e. The largest absolute Gasteiger partial charge is 0.306 e. The maximum absolute atomic E-state index is 13.5. The lowest BCUT2D eigenvalue weighted by Gasteiger charge is -2.13. The number of Topliss-reactive ketones (excluding diaryl/α,β-unsaturated/α-hetero) is 1. The molecule has 0 aliphatic carbocycles. The van der Waals surface area contributed by atoms with E-state index in [1.54, 1.807) is 54.6 Å². The predicted molar refractivity (Wildman–Crippen MR) is 125 cm³/mol. The average molecular weight is 463 g/mol. The Morgan fingerprint density at radius 3 is 2.21 bits per heavy atom. The van der Waals surface area contributed by atoms with Gasteiger partial charge in [-0.15, -0.1) is 0 Å². The van der Waals surface area contributed by atoms with Gasteiger partial charge in [0.15, 0.2) is 16.9 Å². The standard InChI is InChI=1S/C25H19FN2O4S/c26-21-12-10-20(11-13-21)24-22(18-8-6-17(7-9-18)16-33(31)32)14-27-28(25(24)30)15-23(29)19-4-2-1-3-5-19/h1-14H,15-16H2,(H,31,32). The first-order valence-corrected chi connectivity index (χ1v) is 11.3. The molecule has 1 atom stereocenters. The van der Waals surface area contributed by atoms with Crippen molar-refractivity contribution in [3.05, 3.63) is 112 Å². The smallest absolute Gasteiger partial charge is 0.275 e. The van der Waals surface area contributed by atoms with Crippen molar-refractivity contribution in [1.29, 1.82) is 0 Å². The SMILES string of the molecule is O=C(Cn1ncc(-c2ccc(CS(=O)O)cc2)c(-c2ccc(F)cc2)c1=O)c1ccccc1. The summed E-state index contributed by atoms with van der Waals surface area (Å²) >= 11 is -1.97. The molecule has 0 aliphatic heterocycles. The van der Waals surface area contributed by atoms with Gasteiger partial charge in [0.25, 0.3) is 5.56 Å². The van der Waals surface area contributed by atoms with Crippen LogP contribution in [0.4, 0.5) is 4.39 Å². The molecule has 1 N–H and O–H groups in total. The second-order valence-electron chi connectivity index (χ2n) is 7.35. The van der Waals surface area contributed by atoms with Crippen molar-refractivity contribution in [2.75, 3.05) is 0 Å². The van der Waals surface area contributed by atoms with Crippen LogP contribution in [0, 0.1) is 5.82 Å². The zero-order chi connectivity index (χ0) is 23.4. The zero-order valence-corrected chi connectivity index (χ0v) is 18.2. The Balaban J connectivity index is 1.79. The first kappa shape index (κ1) is 22.4. The predicted octanol–water partition coefficient (Wildman–Crippen LogP) is 4.32. The van der Waals surface area contributed by atoms with Crippen LogP contribution in [-0.2, 0) is 23.4 Å². The van der Waals surface area contributed by atoms with E-state index in [-0.39, 0.29) is 23.6 Å². The van der Waals surface area contributed by atoms with Gasteiger partial charge in [-0.3, -0.25) is 9.59 Å². The Morgan fingerprint density at radius 2 is 1.58 bits per heavy atom. The van der Waals surface area contributed by atoms with Gasteiger partial charge in [-0.05, 0) is 28.8 Å². The number of hydrogen-bond donors (Lipinski definition) is 1. The Bertz CT molecular complexity index is 1370. The molecule has 0 aliphatic rings. The monoisotopic (exact) mass is 462 g/mol. The molecular weight excluding hydrogens is 443 g/mol. The van der Waals surface area contributed by atoms with Gasteiger partial charge in [0.05, 0.1) is 17.5 Å². The van der Waals surface area contributed by atoms with E-state index < -0.39 is 22.5 Å². The van der Waals surface area contributed by atoms with E-state index in [1.807, 2.05) is 0 Å². The van der Waals surface area contributed by atoms with Crippen molar-refractivity contribution in [3.63, 3.8) is 0 Å². The summed E-state index contributed by atoms with van der Waals surface area (Å²) in [7, 11) is 0. The highest BCUT2D eigenvalue weighted by Gasteiger charge is 2.17. The van der Waals surface area contributed by atoms with Gasteiger partial charge < -0.3 is 4.55 Å². The van der Waals surface area contributed by atoms with Gasteiger partial charge in [0, 0.05) is 11.1 Å². The highest BCUT2D eigenvalue weighted by molar-refractivity contribution is 7.78. The van der Waals surface area contributed by atoms with Crippen LogP contribution in [0.25, 0.3) is 22.3 Å². The molecular formula is C25H19FN2O4S. The van der Waals surface area contributed by atoms with Crippen LogP contribution >= 0.6 is 0 Å². The maximum atomic E-state index is 13.5. The first-order valence-electron chi connectivity index (χ1n) is 10.0. The van der Waals surface area contributed by atoms with Crippen LogP contribution in [0.15, 0.2) is 89.9 Å². The molecule has 0 saturated heterocycles. The molecule has 0 radical (unpaired) electrons. The number of halogens is 1. The Labute approximate surface area is 191 Å². The molecule has 0 amide bonds. The summed E-state index contributed by atoms with van der Waals surface area (Å²) in [4.78, 5) is 26.1. The minimum Gasteiger partial charge on any atom is -0.306 e. The summed E-state index contributed by atoms with van der Waals surface area (Å²) < 4.78 is 34.8. The molecule has 1 heterocycles. The first-order chi connectivity index (χ1) is 15.9. The second kappa shape index (κ2) is 9.81. The molecule has 4 rings (SSSR count). The van der Waals surface area contributed by atoms with Crippen LogP contribution < -0.4 is 5.56 Å². The number of carbonyl (C=O) groups excluding carboxylic acids is 1. The lowest BCUT2D eigenvalue weighted by Crippen LogP contribution is -2.28. The number of aromatic nitrogens is 2. The number of carbonyl (C=O) groups is 1. The van der Waals surface area contributed by atoms with Gasteiger partial charge in [-0.2, -0.15) is 5.10 Å². The minimum absolute atomic E-state index is 0.00740. The lowest BCUT2D eigenvalue weighted by atomic mass is 9.96. The van der Waals surface area contributed by atoms with Crippen molar-refractivity contribution in [1.82, 2.24) is 9.78 Å². The van der Waals surface area contributed by atoms with Crippen molar-refractivity contribution < 1.29 is 17.9 Å². The Hall–Kier alpha value is -3.75. The van der Waals surface area contributed by atoms with Crippen molar-refractivity contribution in [2.45, 2.75) is 12.3 Å². The van der Waals surface area contributed by atoms with E-state index in [0.29, 0.717) is 27.8 Å². The van der Waals surface area contributed by atoms with E-state index in [0.717, 1.165) is 4.68 Å². The highest BCUT2D eigenvalue weighted by atomic mass is 32.2. The molecule has 4 aromatic rings. The summed E-state index contributed by atoms with van der Waals surface area (Å²) in [6, 6.07) is 21.0. The van der Waals surface area contributed by atoms with Crippen molar-refractivity contribution in [2.24, 2.45) is 0 Å². The molecule has 0 bridgehead atoms.